The Morgan fingerprint density at radius 3 is 2.81 bits per heavy atom. The van der Waals surface area contributed by atoms with Gasteiger partial charge in [0.05, 0.1) is 17.6 Å². The first kappa shape index (κ1) is 15.6. The van der Waals surface area contributed by atoms with Gasteiger partial charge in [0.1, 0.15) is 11.5 Å². The fourth-order valence-electron chi connectivity index (χ4n) is 3.24. The molecule has 1 aliphatic rings. The van der Waals surface area contributed by atoms with Crippen LogP contribution in [0, 0.1) is 5.82 Å². The number of anilines is 2. The molecule has 0 atom stereocenters. The van der Waals surface area contributed by atoms with Gasteiger partial charge in [-0.05, 0) is 47.5 Å². The van der Waals surface area contributed by atoms with E-state index in [1.54, 1.807) is 24.7 Å². The van der Waals surface area contributed by atoms with Crippen molar-refractivity contribution in [3.63, 3.8) is 0 Å². The summed E-state index contributed by atoms with van der Waals surface area (Å²) in [5.74, 6) is 0.0219. The van der Waals surface area contributed by atoms with E-state index >= 15 is 0 Å². The van der Waals surface area contributed by atoms with E-state index in [1.165, 1.54) is 22.5 Å². The Hall–Kier alpha value is -3.68. The van der Waals surface area contributed by atoms with Crippen LogP contribution in [0.2, 0.25) is 0 Å². The summed E-state index contributed by atoms with van der Waals surface area (Å²) in [5.41, 5.74) is 4.03. The molecule has 0 amide bonds. The summed E-state index contributed by atoms with van der Waals surface area (Å²) in [6.07, 6.45) is 6.14. The molecule has 7 nitrogen and oxygen atoms in total. The summed E-state index contributed by atoms with van der Waals surface area (Å²) < 4.78 is 14.3. The number of rotatable bonds is 3. The van der Waals surface area contributed by atoms with Gasteiger partial charge in [-0.25, -0.2) is 4.39 Å². The third-order valence-electron chi connectivity index (χ3n) is 4.50. The second-order valence-corrected chi connectivity index (χ2v) is 6.19. The van der Waals surface area contributed by atoms with Crippen molar-refractivity contribution in [2.24, 2.45) is 0 Å². The highest BCUT2D eigenvalue weighted by atomic mass is 19.1. The minimum absolute atomic E-state index is 0.364. The van der Waals surface area contributed by atoms with E-state index in [0.29, 0.717) is 17.2 Å². The predicted molar refractivity (Wildman–Crippen MR) is 97.3 cm³/mol. The summed E-state index contributed by atoms with van der Waals surface area (Å²) in [6.45, 7) is 0.772. The minimum atomic E-state index is -0.364. The van der Waals surface area contributed by atoms with Gasteiger partial charge in [0.2, 0.25) is 5.82 Å². The number of nitrogens with zero attached hydrogens (tertiary/aromatic N) is 7. The molecular formula is C19H14FN7. The van der Waals surface area contributed by atoms with E-state index in [4.69, 9.17) is 0 Å². The van der Waals surface area contributed by atoms with Gasteiger partial charge in [-0.2, -0.15) is 0 Å². The number of aromatic nitrogens is 6. The highest BCUT2D eigenvalue weighted by Crippen LogP contribution is 2.34. The van der Waals surface area contributed by atoms with E-state index in [2.05, 4.69) is 25.4 Å². The average Bonchev–Trinajstić information content (AvgIpc) is 3.36. The number of pyridine rings is 2. The first-order chi connectivity index (χ1) is 13.3. The molecule has 3 aromatic heterocycles. The monoisotopic (exact) mass is 359 g/mol. The number of hydrogen-bond donors (Lipinski definition) is 0. The topological polar surface area (TPSA) is 72.6 Å². The van der Waals surface area contributed by atoms with Crippen LogP contribution in [0.3, 0.4) is 0 Å². The summed E-state index contributed by atoms with van der Waals surface area (Å²) in [6, 6.07) is 12.2. The fraction of sp³-hybridized carbons (Fsp3) is 0.105. The normalized spacial score (nSPS) is 13.0. The zero-order valence-corrected chi connectivity index (χ0v) is 14.2. The van der Waals surface area contributed by atoms with Crippen LogP contribution in [0.5, 0.6) is 0 Å². The molecule has 8 heteroatoms. The molecule has 0 bridgehead atoms. The van der Waals surface area contributed by atoms with Crippen LogP contribution in [0.1, 0.15) is 5.56 Å². The summed E-state index contributed by atoms with van der Waals surface area (Å²) >= 11 is 0. The Balaban J connectivity index is 1.53. The molecule has 0 aliphatic carbocycles. The Kier molecular flexibility index (Phi) is 3.60. The van der Waals surface area contributed by atoms with Crippen molar-refractivity contribution in [1.82, 2.24) is 30.2 Å². The Morgan fingerprint density at radius 2 is 1.93 bits per heavy atom. The van der Waals surface area contributed by atoms with Crippen LogP contribution in [-0.2, 0) is 6.42 Å². The van der Waals surface area contributed by atoms with Crippen molar-refractivity contribution in [1.29, 1.82) is 0 Å². The smallest absolute Gasteiger partial charge is 0.223 e. The average molecular weight is 359 g/mol. The lowest BCUT2D eigenvalue weighted by atomic mass is 10.2. The number of tetrazole rings is 1. The molecule has 0 N–H and O–H groups in total. The van der Waals surface area contributed by atoms with Gasteiger partial charge >= 0.3 is 0 Å². The molecule has 0 fully saturated rings. The third kappa shape index (κ3) is 2.80. The minimum Gasteiger partial charge on any atom is -0.340 e. The molecule has 27 heavy (non-hydrogen) atoms. The zero-order chi connectivity index (χ0) is 18.2. The lowest BCUT2D eigenvalue weighted by molar-refractivity contribution is 0.621. The van der Waals surface area contributed by atoms with Crippen LogP contribution < -0.4 is 4.90 Å². The van der Waals surface area contributed by atoms with E-state index in [9.17, 15) is 4.39 Å². The first-order valence-electron chi connectivity index (χ1n) is 8.51. The van der Waals surface area contributed by atoms with E-state index in [-0.39, 0.29) is 5.82 Å². The summed E-state index contributed by atoms with van der Waals surface area (Å²) in [5, 5.41) is 12.4. The molecule has 0 saturated carbocycles. The fourth-order valence-corrected chi connectivity index (χ4v) is 3.24. The van der Waals surface area contributed by atoms with Gasteiger partial charge < -0.3 is 4.90 Å². The van der Waals surface area contributed by atoms with Crippen LogP contribution >= 0.6 is 0 Å². The molecule has 1 aliphatic heterocycles. The number of hydrogen-bond acceptors (Lipinski definition) is 6. The van der Waals surface area contributed by atoms with Gasteiger partial charge in [0.15, 0.2) is 0 Å². The molecule has 4 heterocycles. The molecule has 1 aromatic carbocycles. The van der Waals surface area contributed by atoms with Crippen LogP contribution in [0.4, 0.5) is 15.8 Å². The first-order valence-corrected chi connectivity index (χ1v) is 8.51. The SMILES string of the molecule is Fc1cc(N2CCc3ccncc32)cc(-n2nnc(-c3ccccn3)n2)c1. The van der Waals surface area contributed by atoms with E-state index in [0.717, 1.165) is 24.3 Å². The van der Waals surface area contributed by atoms with Gasteiger partial charge in [-0.3, -0.25) is 9.97 Å². The zero-order valence-electron chi connectivity index (χ0n) is 14.2. The lowest BCUT2D eigenvalue weighted by Gasteiger charge is -2.19. The molecule has 5 rings (SSSR count). The highest BCUT2D eigenvalue weighted by Gasteiger charge is 2.22. The van der Waals surface area contributed by atoms with Gasteiger partial charge in [0.25, 0.3) is 0 Å². The van der Waals surface area contributed by atoms with Gasteiger partial charge in [-0.1, -0.05) is 6.07 Å². The van der Waals surface area contributed by atoms with Crippen molar-refractivity contribution in [2.75, 3.05) is 11.4 Å². The molecule has 0 radical (unpaired) electrons. The molecular weight excluding hydrogens is 345 g/mol. The summed E-state index contributed by atoms with van der Waals surface area (Å²) in [7, 11) is 0. The number of benzene rings is 1. The molecule has 132 valence electrons. The van der Waals surface area contributed by atoms with Crippen molar-refractivity contribution >= 4 is 11.4 Å². The standard InChI is InChI=1S/C19H14FN7/c20-14-9-15(26-8-5-13-4-7-21-12-18(13)26)11-16(10-14)27-24-19(23-25-27)17-3-1-2-6-22-17/h1-4,6-7,9-12H,5,8H2. The van der Waals surface area contributed by atoms with Crippen molar-refractivity contribution in [2.45, 2.75) is 6.42 Å². The maximum absolute atomic E-state index is 14.3. The predicted octanol–water partition coefficient (Wildman–Crippen LogP) is 2.95. The van der Waals surface area contributed by atoms with Crippen LogP contribution in [0.15, 0.2) is 61.1 Å². The molecule has 0 spiro atoms. The highest BCUT2D eigenvalue weighted by molar-refractivity contribution is 5.70. The maximum atomic E-state index is 14.3. The molecule has 0 saturated heterocycles. The third-order valence-corrected chi connectivity index (χ3v) is 4.50. The molecule has 4 aromatic rings. The van der Waals surface area contributed by atoms with Crippen LogP contribution in [-0.4, -0.2) is 36.7 Å². The van der Waals surface area contributed by atoms with Crippen molar-refractivity contribution in [3.8, 4) is 17.2 Å². The Bertz CT molecular complexity index is 1110. The number of fused-ring (bicyclic) bond motifs is 1. The summed E-state index contributed by atoms with van der Waals surface area (Å²) in [4.78, 5) is 11.8. The second-order valence-electron chi connectivity index (χ2n) is 6.19. The van der Waals surface area contributed by atoms with Gasteiger partial charge in [0, 0.05) is 30.7 Å². The molecule has 0 unspecified atom stereocenters. The Labute approximate surface area is 154 Å². The Morgan fingerprint density at radius 1 is 1.00 bits per heavy atom. The second kappa shape index (κ2) is 6.24. The van der Waals surface area contributed by atoms with Gasteiger partial charge in [-0.15, -0.1) is 15.0 Å². The lowest BCUT2D eigenvalue weighted by Crippen LogP contribution is -2.14. The van der Waals surface area contributed by atoms with E-state index in [1.807, 2.05) is 29.2 Å². The van der Waals surface area contributed by atoms with Crippen molar-refractivity contribution < 1.29 is 4.39 Å². The van der Waals surface area contributed by atoms with E-state index < -0.39 is 0 Å². The number of halogens is 1. The van der Waals surface area contributed by atoms with Crippen LogP contribution in [0.25, 0.3) is 17.2 Å². The largest absolute Gasteiger partial charge is 0.340 e. The maximum Gasteiger partial charge on any atom is 0.223 e. The quantitative estimate of drug-likeness (QED) is 0.560. The van der Waals surface area contributed by atoms with Crippen molar-refractivity contribution in [3.05, 3.63) is 72.4 Å².